The van der Waals surface area contributed by atoms with Crippen LogP contribution in [0.25, 0.3) is 0 Å². The summed E-state index contributed by atoms with van der Waals surface area (Å²) in [5, 5.41) is 20.6. The second-order valence-corrected chi connectivity index (χ2v) is 6.68. The van der Waals surface area contributed by atoms with Crippen molar-refractivity contribution in [3.63, 3.8) is 0 Å². The zero-order chi connectivity index (χ0) is 22.2. The fourth-order valence-electron chi connectivity index (χ4n) is 2.63. The number of nitro groups is 1. The van der Waals surface area contributed by atoms with E-state index in [1.807, 2.05) is 0 Å². The smallest absolute Gasteiger partial charge is 0.361 e. The maximum absolute atomic E-state index is 12.9. The van der Waals surface area contributed by atoms with Gasteiger partial charge in [-0.3, -0.25) is 4.79 Å². The van der Waals surface area contributed by atoms with E-state index >= 15 is 0 Å². The molecule has 0 fully saturated rings. The zero-order valence-corrected chi connectivity index (χ0v) is 16.2. The first kappa shape index (κ1) is 21.3. The topological polar surface area (TPSA) is 116 Å². The molecule has 158 valence electrons. The van der Waals surface area contributed by atoms with E-state index in [9.17, 15) is 28.1 Å². The van der Waals surface area contributed by atoms with Gasteiger partial charge in [-0.1, -0.05) is 16.8 Å². The highest BCUT2D eigenvalue weighted by molar-refractivity contribution is 6.34. The van der Waals surface area contributed by atoms with Crippen LogP contribution in [0.2, 0.25) is 5.02 Å². The summed E-state index contributed by atoms with van der Waals surface area (Å²) in [6, 6.07) is 3.76. The number of carbonyl (C=O) groups is 1. The number of halogens is 4. The van der Waals surface area contributed by atoms with Crippen molar-refractivity contribution in [3.8, 4) is 0 Å². The van der Waals surface area contributed by atoms with Gasteiger partial charge in [-0.15, -0.1) is 0 Å². The van der Waals surface area contributed by atoms with E-state index in [0.717, 1.165) is 12.1 Å². The lowest BCUT2D eigenvalue weighted by Crippen LogP contribution is -2.17. The molecule has 1 aromatic carbocycles. The van der Waals surface area contributed by atoms with Crippen molar-refractivity contribution in [2.75, 3.05) is 5.32 Å². The Hall–Kier alpha value is -3.41. The number of hydrogen-bond donors (Lipinski definition) is 1. The van der Waals surface area contributed by atoms with E-state index in [0.29, 0.717) is 11.8 Å². The van der Waals surface area contributed by atoms with Gasteiger partial charge in [0.25, 0.3) is 5.91 Å². The highest BCUT2D eigenvalue weighted by Gasteiger charge is 2.31. The summed E-state index contributed by atoms with van der Waals surface area (Å²) >= 11 is 5.90. The molecule has 9 nitrogen and oxygen atoms in total. The van der Waals surface area contributed by atoms with Gasteiger partial charge in [0, 0.05) is 0 Å². The Balaban J connectivity index is 1.90. The SMILES string of the molecule is Cc1onc(C(=O)Nc2cc(C(F)(F)F)ccc2Cl)c1Cn1nc([N+](=O)[O-])cc1C. The third-order valence-corrected chi connectivity index (χ3v) is 4.53. The molecule has 0 saturated heterocycles. The van der Waals surface area contributed by atoms with E-state index < -0.39 is 22.6 Å². The lowest BCUT2D eigenvalue weighted by atomic mass is 10.1. The molecule has 1 amide bonds. The number of anilines is 1. The molecule has 30 heavy (non-hydrogen) atoms. The molecule has 0 aliphatic heterocycles. The van der Waals surface area contributed by atoms with Crippen molar-refractivity contribution < 1.29 is 27.4 Å². The molecular formula is C17H13ClF3N5O4. The van der Waals surface area contributed by atoms with E-state index in [2.05, 4.69) is 15.6 Å². The highest BCUT2D eigenvalue weighted by atomic mass is 35.5. The fraction of sp³-hybridized carbons (Fsp3) is 0.235. The van der Waals surface area contributed by atoms with Crippen LogP contribution in [-0.4, -0.2) is 25.8 Å². The molecule has 0 aliphatic rings. The van der Waals surface area contributed by atoms with Crippen LogP contribution in [0.5, 0.6) is 0 Å². The predicted octanol–water partition coefficient (Wildman–Crippen LogP) is 4.37. The first-order chi connectivity index (χ1) is 14.0. The minimum atomic E-state index is -4.62. The van der Waals surface area contributed by atoms with Crippen molar-refractivity contribution in [1.29, 1.82) is 0 Å². The number of aryl methyl sites for hydroxylation is 2. The first-order valence-corrected chi connectivity index (χ1v) is 8.67. The summed E-state index contributed by atoms with van der Waals surface area (Å²) in [7, 11) is 0. The number of nitrogens with zero attached hydrogens (tertiary/aromatic N) is 4. The van der Waals surface area contributed by atoms with Gasteiger partial charge >= 0.3 is 12.0 Å². The number of rotatable bonds is 5. The predicted molar refractivity (Wildman–Crippen MR) is 98.4 cm³/mol. The number of hydrogen-bond acceptors (Lipinski definition) is 6. The van der Waals surface area contributed by atoms with Crippen LogP contribution in [0.15, 0.2) is 28.8 Å². The maximum Gasteiger partial charge on any atom is 0.416 e. The van der Waals surface area contributed by atoms with E-state index in [4.69, 9.17) is 16.1 Å². The molecule has 13 heteroatoms. The van der Waals surface area contributed by atoms with E-state index in [-0.39, 0.29) is 40.1 Å². The number of benzene rings is 1. The van der Waals surface area contributed by atoms with Crippen LogP contribution in [0.4, 0.5) is 24.7 Å². The molecule has 3 rings (SSSR count). The molecule has 2 heterocycles. The second kappa shape index (κ2) is 7.78. The Bertz CT molecular complexity index is 1140. The van der Waals surface area contributed by atoms with Gasteiger partial charge in [-0.2, -0.15) is 17.9 Å². The Kier molecular flexibility index (Phi) is 5.53. The summed E-state index contributed by atoms with van der Waals surface area (Å²) in [4.78, 5) is 22.9. The van der Waals surface area contributed by atoms with Crippen LogP contribution < -0.4 is 5.32 Å². The molecule has 0 bridgehead atoms. The Morgan fingerprint density at radius 3 is 2.63 bits per heavy atom. The molecule has 0 unspecified atom stereocenters. The van der Waals surface area contributed by atoms with Gasteiger partial charge < -0.3 is 20.0 Å². The van der Waals surface area contributed by atoms with Crippen molar-refractivity contribution in [3.05, 3.63) is 67.7 Å². The van der Waals surface area contributed by atoms with Crippen LogP contribution in [0.1, 0.15) is 33.1 Å². The second-order valence-electron chi connectivity index (χ2n) is 6.27. The monoisotopic (exact) mass is 443 g/mol. The molecule has 1 N–H and O–H groups in total. The van der Waals surface area contributed by atoms with Gasteiger partial charge in [0.05, 0.1) is 45.2 Å². The average Bonchev–Trinajstić information content (AvgIpc) is 3.20. The standard InChI is InChI=1S/C17H13ClF3N5O4/c1-8-5-14(26(28)29)23-25(8)7-11-9(2)30-24-15(11)16(27)22-13-6-10(17(19,20)21)3-4-12(13)18/h3-6H,7H2,1-2H3,(H,22,27). The van der Waals surface area contributed by atoms with Crippen LogP contribution in [0.3, 0.4) is 0 Å². The van der Waals surface area contributed by atoms with Gasteiger partial charge in [-0.05, 0) is 37.0 Å². The minimum Gasteiger partial charge on any atom is -0.361 e. The summed E-state index contributed by atoms with van der Waals surface area (Å²) in [5.41, 5.74) is -0.739. The molecule has 2 aromatic heterocycles. The number of alkyl halides is 3. The molecule has 0 atom stereocenters. The molecule has 0 radical (unpaired) electrons. The van der Waals surface area contributed by atoms with Crippen molar-refractivity contribution in [2.45, 2.75) is 26.6 Å². The molecular weight excluding hydrogens is 431 g/mol. The number of carbonyl (C=O) groups excluding carboxylic acids is 1. The third kappa shape index (κ3) is 4.27. The lowest BCUT2D eigenvalue weighted by molar-refractivity contribution is -0.389. The van der Waals surface area contributed by atoms with Crippen LogP contribution >= 0.6 is 11.6 Å². The molecule has 3 aromatic rings. The molecule has 0 aliphatic carbocycles. The average molecular weight is 444 g/mol. The largest absolute Gasteiger partial charge is 0.416 e. The van der Waals surface area contributed by atoms with Gasteiger partial charge in [0.15, 0.2) is 5.69 Å². The Morgan fingerprint density at radius 1 is 1.33 bits per heavy atom. The van der Waals surface area contributed by atoms with Crippen molar-refractivity contribution in [2.24, 2.45) is 0 Å². The van der Waals surface area contributed by atoms with E-state index in [1.165, 1.54) is 17.7 Å². The first-order valence-electron chi connectivity index (χ1n) is 8.29. The lowest BCUT2D eigenvalue weighted by Gasteiger charge is -2.11. The summed E-state index contributed by atoms with van der Waals surface area (Å²) in [6.07, 6.45) is -4.62. The number of nitrogens with one attached hydrogen (secondary N) is 1. The Morgan fingerprint density at radius 2 is 2.03 bits per heavy atom. The van der Waals surface area contributed by atoms with E-state index in [1.54, 1.807) is 6.92 Å². The quantitative estimate of drug-likeness (QED) is 0.462. The number of aromatic nitrogens is 3. The highest BCUT2D eigenvalue weighted by Crippen LogP contribution is 2.34. The minimum absolute atomic E-state index is 0.0753. The Labute approximate surface area is 171 Å². The fourth-order valence-corrected chi connectivity index (χ4v) is 2.79. The maximum atomic E-state index is 12.9. The third-order valence-electron chi connectivity index (χ3n) is 4.20. The van der Waals surface area contributed by atoms with Gasteiger partial charge in [-0.25, -0.2) is 0 Å². The van der Waals surface area contributed by atoms with Crippen LogP contribution in [0, 0.1) is 24.0 Å². The summed E-state index contributed by atoms with van der Waals surface area (Å²) in [6.45, 7) is 3.03. The van der Waals surface area contributed by atoms with Crippen molar-refractivity contribution in [1.82, 2.24) is 14.9 Å². The molecule has 0 spiro atoms. The van der Waals surface area contributed by atoms with Gasteiger partial charge in [0.1, 0.15) is 5.76 Å². The van der Waals surface area contributed by atoms with Crippen molar-refractivity contribution >= 4 is 29.0 Å². The zero-order valence-electron chi connectivity index (χ0n) is 15.5. The number of amides is 1. The summed E-state index contributed by atoms with van der Waals surface area (Å²) < 4.78 is 45.1. The normalized spacial score (nSPS) is 11.5. The van der Waals surface area contributed by atoms with Gasteiger partial charge in [0.2, 0.25) is 0 Å². The van der Waals surface area contributed by atoms with Crippen LogP contribution in [-0.2, 0) is 12.7 Å². The molecule has 0 saturated carbocycles. The summed E-state index contributed by atoms with van der Waals surface area (Å²) in [5.74, 6) is -0.987.